The zero-order chi connectivity index (χ0) is 15.6. The maximum absolute atomic E-state index is 2.34. The minimum absolute atomic E-state index is 1.32. The molecule has 0 saturated heterocycles. The molecule has 1 heterocycles. The molecule has 1 heteroatoms. The summed E-state index contributed by atoms with van der Waals surface area (Å²) in [4.78, 5) is 0. The summed E-state index contributed by atoms with van der Waals surface area (Å²) in [5, 5.41) is 8.30. The van der Waals surface area contributed by atoms with Gasteiger partial charge in [0.05, 0.1) is 0 Å². The van der Waals surface area contributed by atoms with Gasteiger partial charge in [-0.1, -0.05) is 65.7 Å². The van der Waals surface area contributed by atoms with Gasteiger partial charge in [-0.25, -0.2) is 0 Å². The second kappa shape index (κ2) is 4.56. The van der Waals surface area contributed by atoms with Crippen molar-refractivity contribution < 1.29 is 0 Å². The van der Waals surface area contributed by atoms with Crippen LogP contribution in [-0.4, -0.2) is 0 Å². The summed E-state index contributed by atoms with van der Waals surface area (Å²) < 4.78 is 2.79. The molecule has 0 saturated carbocycles. The summed E-state index contributed by atoms with van der Waals surface area (Å²) >= 11 is 1.92. The summed E-state index contributed by atoms with van der Waals surface area (Å²) in [6.45, 7) is 4.35. The highest BCUT2D eigenvalue weighted by Gasteiger charge is 2.13. The van der Waals surface area contributed by atoms with E-state index in [9.17, 15) is 0 Å². The molecule has 0 spiro atoms. The van der Waals surface area contributed by atoms with Crippen LogP contribution in [0.5, 0.6) is 0 Å². The van der Waals surface area contributed by atoms with E-state index in [2.05, 4.69) is 74.5 Å². The number of hydrogen-bond acceptors (Lipinski definition) is 1. The molecular weight excluding hydrogens is 296 g/mol. The smallest absolute Gasteiger partial charge is 0.0440 e. The van der Waals surface area contributed by atoms with Gasteiger partial charge in [-0.15, -0.1) is 11.3 Å². The van der Waals surface area contributed by atoms with Crippen molar-refractivity contribution in [2.24, 2.45) is 0 Å². The van der Waals surface area contributed by atoms with Crippen LogP contribution in [0.3, 0.4) is 0 Å². The first-order valence-corrected chi connectivity index (χ1v) is 8.78. The molecule has 0 unspecified atom stereocenters. The fraction of sp³-hybridized carbons (Fsp3) is 0.0909. The van der Waals surface area contributed by atoms with Crippen molar-refractivity contribution in [3.05, 3.63) is 71.8 Å². The topological polar surface area (TPSA) is 0 Å². The van der Waals surface area contributed by atoms with Crippen LogP contribution in [0.1, 0.15) is 11.1 Å². The number of thiophene rings is 1. The maximum Gasteiger partial charge on any atom is 0.0440 e. The van der Waals surface area contributed by atoms with E-state index in [-0.39, 0.29) is 0 Å². The lowest BCUT2D eigenvalue weighted by Gasteiger charge is -2.09. The Bertz CT molecular complexity index is 1220. The van der Waals surface area contributed by atoms with E-state index in [0.29, 0.717) is 0 Å². The predicted molar refractivity (Wildman–Crippen MR) is 104 cm³/mol. The lowest BCUT2D eigenvalue weighted by atomic mass is 9.95. The highest BCUT2D eigenvalue weighted by molar-refractivity contribution is 7.27. The predicted octanol–water partition coefficient (Wildman–Crippen LogP) is 6.98. The Morgan fingerprint density at radius 3 is 2.04 bits per heavy atom. The van der Waals surface area contributed by atoms with Crippen molar-refractivity contribution in [2.45, 2.75) is 13.8 Å². The van der Waals surface area contributed by atoms with Crippen LogP contribution in [-0.2, 0) is 0 Å². The van der Waals surface area contributed by atoms with Crippen LogP contribution in [0.4, 0.5) is 0 Å². The Kier molecular flexibility index (Phi) is 2.60. The first kappa shape index (κ1) is 13.1. The fourth-order valence-electron chi connectivity index (χ4n) is 3.68. The molecule has 0 nitrogen and oxygen atoms in total. The number of hydrogen-bond donors (Lipinski definition) is 0. The number of rotatable bonds is 0. The van der Waals surface area contributed by atoms with Crippen molar-refractivity contribution >= 4 is 53.1 Å². The lowest BCUT2D eigenvalue weighted by Crippen LogP contribution is -1.83. The van der Waals surface area contributed by atoms with Gasteiger partial charge in [-0.3, -0.25) is 0 Å². The van der Waals surface area contributed by atoms with Gasteiger partial charge >= 0.3 is 0 Å². The molecule has 1 aromatic heterocycles. The molecule has 0 bridgehead atoms. The van der Waals surface area contributed by atoms with Crippen LogP contribution < -0.4 is 0 Å². The first-order valence-electron chi connectivity index (χ1n) is 7.96. The monoisotopic (exact) mass is 312 g/mol. The Balaban J connectivity index is 2.20. The normalized spacial score (nSPS) is 11.9. The van der Waals surface area contributed by atoms with Crippen LogP contribution in [0.2, 0.25) is 0 Å². The molecule has 23 heavy (non-hydrogen) atoms. The average Bonchev–Trinajstić information content (AvgIpc) is 2.94. The zero-order valence-electron chi connectivity index (χ0n) is 13.2. The Labute approximate surface area is 139 Å². The molecule has 110 valence electrons. The van der Waals surface area contributed by atoms with Gasteiger partial charge in [0.25, 0.3) is 0 Å². The molecule has 0 radical (unpaired) electrons. The molecule has 4 aromatic carbocycles. The van der Waals surface area contributed by atoms with E-state index in [1.165, 1.54) is 52.8 Å². The summed E-state index contributed by atoms with van der Waals surface area (Å²) in [7, 11) is 0. The molecular formula is C22H16S. The summed E-state index contributed by atoms with van der Waals surface area (Å²) in [5.74, 6) is 0. The SMILES string of the molecule is Cc1ccc2c(c1)c1cc(C)ccc1c1c3ccccc3sc21. The van der Waals surface area contributed by atoms with Gasteiger partial charge in [0.2, 0.25) is 0 Å². The molecule has 0 aliphatic heterocycles. The molecule has 0 amide bonds. The third kappa shape index (κ3) is 1.77. The molecule has 0 N–H and O–H groups in total. The third-order valence-electron chi connectivity index (χ3n) is 4.75. The second-order valence-electron chi connectivity index (χ2n) is 6.40. The summed E-state index contributed by atoms with van der Waals surface area (Å²) in [6, 6.07) is 22.5. The number of aryl methyl sites for hydroxylation is 2. The van der Waals surface area contributed by atoms with Crippen molar-refractivity contribution in [3.63, 3.8) is 0 Å². The molecule has 0 fully saturated rings. The summed E-state index contributed by atoms with van der Waals surface area (Å²) in [5.41, 5.74) is 2.64. The zero-order valence-corrected chi connectivity index (χ0v) is 14.0. The summed E-state index contributed by atoms with van der Waals surface area (Å²) in [6.07, 6.45) is 0. The van der Waals surface area contributed by atoms with Crippen LogP contribution >= 0.6 is 11.3 Å². The number of benzene rings is 4. The Morgan fingerprint density at radius 1 is 0.609 bits per heavy atom. The minimum Gasteiger partial charge on any atom is -0.135 e. The van der Waals surface area contributed by atoms with E-state index in [0.717, 1.165) is 0 Å². The van der Waals surface area contributed by atoms with Gasteiger partial charge in [-0.05, 0) is 36.1 Å². The largest absolute Gasteiger partial charge is 0.135 e. The van der Waals surface area contributed by atoms with E-state index >= 15 is 0 Å². The molecule has 0 aliphatic rings. The first-order chi connectivity index (χ1) is 11.2. The van der Waals surface area contributed by atoms with Gasteiger partial charge in [-0.2, -0.15) is 0 Å². The second-order valence-corrected chi connectivity index (χ2v) is 7.45. The average molecular weight is 312 g/mol. The van der Waals surface area contributed by atoms with Crippen molar-refractivity contribution in [1.82, 2.24) is 0 Å². The van der Waals surface area contributed by atoms with Crippen LogP contribution in [0.15, 0.2) is 60.7 Å². The van der Waals surface area contributed by atoms with Gasteiger partial charge in [0, 0.05) is 25.6 Å². The van der Waals surface area contributed by atoms with E-state index in [1.807, 2.05) is 11.3 Å². The molecule has 0 atom stereocenters. The Morgan fingerprint density at radius 2 is 1.26 bits per heavy atom. The van der Waals surface area contributed by atoms with Crippen molar-refractivity contribution in [3.8, 4) is 0 Å². The van der Waals surface area contributed by atoms with E-state index in [1.54, 1.807) is 0 Å². The standard InChI is InChI=1S/C22H16S/c1-13-7-9-15-18(11-13)19-12-14(2)8-10-16(19)22-21(15)17-5-3-4-6-20(17)23-22/h3-12H,1-2H3. The highest BCUT2D eigenvalue weighted by Crippen LogP contribution is 2.44. The van der Waals surface area contributed by atoms with E-state index < -0.39 is 0 Å². The van der Waals surface area contributed by atoms with Gasteiger partial charge < -0.3 is 0 Å². The minimum atomic E-state index is 1.32. The van der Waals surface area contributed by atoms with Gasteiger partial charge in [0.15, 0.2) is 0 Å². The number of fused-ring (bicyclic) bond motifs is 8. The third-order valence-corrected chi connectivity index (χ3v) is 5.95. The van der Waals surface area contributed by atoms with Crippen molar-refractivity contribution in [1.29, 1.82) is 0 Å². The highest BCUT2D eigenvalue weighted by atomic mass is 32.1. The Hall–Kier alpha value is -2.38. The van der Waals surface area contributed by atoms with Gasteiger partial charge in [0.1, 0.15) is 0 Å². The quantitative estimate of drug-likeness (QED) is 0.271. The lowest BCUT2D eigenvalue weighted by molar-refractivity contribution is 1.50. The molecule has 0 aliphatic carbocycles. The molecule has 5 aromatic rings. The fourth-order valence-corrected chi connectivity index (χ4v) is 4.94. The van der Waals surface area contributed by atoms with Crippen molar-refractivity contribution in [2.75, 3.05) is 0 Å². The van der Waals surface area contributed by atoms with Crippen LogP contribution in [0, 0.1) is 13.8 Å². The van der Waals surface area contributed by atoms with Crippen LogP contribution in [0.25, 0.3) is 41.7 Å². The maximum atomic E-state index is 2.34. The molecule has 5 rings (SSSR count). The van der Waals surface area contributed by atoms with E-state index in [4.69, 9.17) is 0 Å².